The maximum Gasteiger partial charge on any atom is 0.328 e. The van der Waals surface area contributed by atoms with Crippen molar-refractivity contribution in [3.63, 3.8) is 0 Å². The minimum absolute atomic E-state index is 0.372. The molecule has 0 saturated heterocycles. The Hall–Kier alpha value is -3.15. The molecule has 154 valence electrons. The summed E-state index contributed by atoms with van der Waals surface area (Å²) in [7, 11) is 0. The summed E-state index contributed by atoms with van der Waals surface area (Å²) in [6.07, 6.45) is 0.696. The van der Waals surface area contributed by atoms with Gasteiger partial charge in [0.1, 0.15) is 6.04 Å². The fourth-order valence-electron chi connectivity index (χ4n) is 2.66. The molecule has 2 N–H and O–H groups in total. The quantitative estimate of drug-likeness (QED) is 0.639. The lowest BCUT2D eigenvalue weighted by Crippen LogP contribution is -2.41. The summed E-state index contributed by atoms with van der Waals surface area (Å²) in [6.45, 7) is 5.88. The van der Waals surface area contributed by atoms with E-state index in [0.29, 0.717) is 24.4 Å². The number of benzene rings is 2. The van der Waals surface area contributed by atoms with Crippen LogP contribution in [0.25, 0.3) is 0 Å². The molecule has 0 aliphatic heterocycles. The number of hydrogen-bond acceptors (Lipinski definition) is 4. The molecular weight excluding hydrogens is 368 g/mol. The summed E-state index contributed by atoms with van der Waals surface area (Å²) < 4.78 is 4.98. The van der Waals surface area contributed by atoms with Crippen molar-refractivity contribution in [2.75, 3.05) is 13.2 Å². The molecule has 1 atom stereocenters. The second kappa shape index (κ2) is 11.0. The van der Waals surface area contributed by atoms with Gasteiger partial charge in [-0.25, -0.2) is 4.79 Å². The third kappa shape index (κ3) is 7.41. The van der Waals surface area contributed by atoms with Gasteiger partial charge in [-0.05, 0) is 42.5 Å². The largest absolute Gasteiger partial charge is 0.454 e. The van der Waals surface area contributed by atoms with Crippen LogP contribution in [0.2, 0.25) is 0 Å². The molecule has 2 aromatic rings. The van der Waals surface area contributed by atoms with E-state index < -0.39 is 12.0 Å². The lowest BCUT2D eigenvalue weighted by molar-refractivity contribution is -0.150. The van der Waals surface area contributed by atoms with Crippen molar-refractivity contribution in [2.45, 2.75) is 39.2 Å². The Morgan fingerprint density at radius 3 is 2.21 bits per heavy atom. The van der Waals surface area contributed by atoms with E-state index in [1.54, 1.807) is 30.3 Å². The Balaban J connectivity index is 1.67. The van der Waals surface area contributed by atoms with E-state index in [1.807, 2.05) is 0 Å². The molecule has 0 bridgehead atoms. The van der Waals surface area contributed by atoms with Crippen molar-refractivity contribution in [3.05, 3.63) is 71.3 Å². The first-order chi connectivity index (χ1) is 13.9. The van der Waals surface area contributed by atoms with Crippen molar-refractivity contribution in [1.82, 2.24) is 10.6 Å². The molecule has 0 fully saturated rings. The number of amides is 2. The van der Waals surface area contributed by atoms with Crippen molar-refractivity contribution in [2.24, 2.45) is 0 Å². The second-order valence-corrected chi connectivity index (χ2v) is 7.17. The van der Waals surface area contributed by atoms with Gasteiger partial charge in [0.05, 0.1) is 0 Å². The predicted molar refractivity (Wildman–Crippen MR) is 112 cm³/mol. The molecule has 0 spiro atoms. The Kier molecular flexibility index (Phi) is 8.40. The van der Waals surface area contributed by atoms with Crippen LogP contribution in [0.15, 0.2) is 54.6 Å². The number of carbonyl (C=O) groups is 3. The zero-order valence-electron chi connectivity index (χ0n) is 17.1. The van der Waals surface area contributed by atoms with Gasteiger partial charge in [-0.2, -0.15) is 0 Å². The van der Waals surface area contributed by atoms with Gasteiger partial charge in [0.25, 0.3) is 11.8 Å². The van der Waals surface area contributed by atoms with Crippen LogP contribution in [-0.2, 0) is 20.7 Å². The number of hydrogen-bond donors (Lipinski definition) is 2. The van der Waals surface area contributed by atoms with E-state index in [0.717, 1.165) is 5.56 Å². The third-order valence-corrected chi connectivity index (χ3v) is 4.46. The number of ether oxygens (including phenoxy) is 1. The van der Waals surface area contributed by atoms with E-state index in [-0.39, 0.29) is 18.4 Å². The molecule has 0 aromatic heterocycles. The Morgan fingerprint density at radius 1 is 0.931 bits per heavy atom. The zero-order chi connectivity index (χ0) is 21.2. The molecule has 29 heavy (non-hydrogen) atoms. The normalized spacial score (nSPS) is 11.6. The second-order valence-electron chi connectivity index (χ2n) is 7.17. The average molecular weight is 396 g/mol. The maximum atomic E-state index is 12.0. The summed E-state index contributed by atoms with van der Waals surface area (Å²) in [4.78, 5) is 35.9. The van der Waals surface area contributed by atoms with E-state index in [4.69, 9.17) is 4.74 Å². The average Bonchev–Trinajstić information content (AvgIpc) is 2.72. The summed E-state index contributed by atoms with van der Waals surface area (Å²) in [5, 5.41) is 5.28. The van der Waals surface area contributed by atoms with E-state index >= 15 is 0 Å². The Labute approximate surface area is 171 Å². The number of carbonyl (C=O) groups excluding carboxylic acids is 3. The third-order valence-electron chi connectivity index (χ3n) is 4.46. The van der Waals surface area contributed by atoms with Crippen molar-refractivity contribution in [1.29, 1.82) is 0 Å². The first-order valence-corrected chi connectivity index (χ1v) is 9.75. The van der Waals surface area contributed by atoms with Crippen LogP contribution in [0, 0.1) is 0 Å². The topological polar surface area (TPSA) is 84.5 Å². The smallest absolute Gasteiger partial charge is 0.328 e. The zero-order valence-corrected chi connectivity index (χ0v) is 17.1. The first-order valence-electron chi connectivity index (χ1n) is 9.75. The Bertz CT molecular complexity index is 817. The summed E-state index contributed by atoms with van der Waals surface area (Å²) in [5.74, 6) is -0.922. The molecular formula is C23H28N2O4. The van der Waals surface area contributed by atoms with Crippen LogP contribution in [0.3, 0.4) is 0 Å². The minimum Gasteiger partial charge on any atom is -0.454 e. The lowest BCUT2D eigenvalue weighted by Gasteiger charge is -2.13. The van der Waals surface area contributed by atoms with Crippen LogP contribution < -0.4 is 10.6 Å². The van der Waals surface area contributed by atoms with Gasteiger partial charge in [-0.15, -0.1) is 0 Å². The van der Waals surface area contributed by atoms with Crippen LogP contribution in [-0.4, -0.2) is 37.0 Å². The van der Waals surface area contributed by atoms with Gasteiger partial charge >= 0.3 is 5.97 Å². The van der Waals surface area contributed by atoms with Gasteiger partial charge < -0.3 is 15.4 Å². The number of nitrogens with one attached hydrogen (secondary N) is 2. The number of rotatable bonds is 9. The Morgan fingerprint density at radius 2 is 1.59 bits per heavy atom. The molecule has 2 amide bonds. The fourth-order valence-corrected chi connectivity index (χ4v) is 2.66. The summed E-state index contributed by atoms with van der Waals surface area (Å²) in [5.41, 5.74) is 2.86. The SMILES string of the molecule is CC(C)c1ccc(CCNC(=O)COC(=O)[C@H](C)NC(=O)c2ccccc2)cc1. The fraction of sp³-hybridized carbons (Fsp3) is 0.348. The van der Waals surface area contributed by atoms with Crippen molar-refractivity contribution < 1.29 is 19.1 Å². The van der Waals surface area contributed by atoms with E-state index in [9.17, 15) is 14.4 Å². The highest BCUT2D eigenvalue weighted by Crippen LogP contribution is 2.14. The van der Waals surface area contributed by atoms with Gasteiger partial charge in [0.15, 0.2) is 6.61 Å². The van der Waals surface area contributed by atoms with E-state index in [1.165, 1.54) is 12.5 Å². The highest BCUT2D eigenvalue weighted by Gasteiger charge is 2.18. The lowest BCUT2D eigenvalue weighted by atomic mass is 10.0. The van der Waals surface area contributed by atoms with Gasteiger partial charge in [0.2, 0.25) is 0 Å². The van der Waals surface area contributed by atoms with Crippen LogP contribution in [0.5, 0.6) is 0 Å². The van der Waals surface area contributed by atoms with Gasteiger partial charge in [0, 0.05) is 12.1 Å². The first kappa shape index (κ1) is 22.1. The summed E-state index contributed by atoms with van der Waals surface area (Å²) >= 11 is 0. The minimum atomic E-state index is -0.852. The molecule has 2 aromatic carbocycles. The van der Waals surface area contributed by atoms with Crippen LogP contribution in [0.4, 0.5) is 0 Å². The highest BCUT2D eigenvalue weighted by molar-refractivity contribution is 5.96. The monoisotopic (exact) mass is 396 g/mol. The predicted octanol–water partition coefficient (Wildman–Crippen LogP) is 2.83. The van der Waals surface area contributed by atoms with Crippen molar-refractivity contribution >= 4 is 17.8 Å². The molecule has 0 saturated carbocycles. The molecule has 6 nitrogen and oxygen atoms in total. The van der Waals surface area contributed by atoms with Crippen LogP contribution >= 0.6 is 0 Å². The molecule has 2 rings (SSSR count). The van der Waals surface area contributed by atoms with E-state index in [2.05, 4.69) is 48.7 Å². The highest BCUT2D eigenvalue weighted by atomic mass is 16.5. The van der Waals surface area contributed by atoms with Crippen LogP contribution in [0.1, 0.15) is 48.2 Å². The van der Waals surface area contributed by atoms with Gasteiger partial charge in [-0.3, -0.25) is 9.59 Å². The molecule has 0 heterocycles. The number of esters is 1. The molecule has 0 aliphatic carbocycles. The molecule has 0 unspecified atom stereocenters. The standard InChI is InChI=1S/C23H28N2O4/c1-16(2)19-11-9-18(10-12-19)13-14-24-21(26)15-29-23(28)17(3)25-22(27)20-7-5-4-6-8-20/h4-12,16-17H,13-15H2,1-3H3,(H,24,26)(H,25,27)/t17-/m0/s1. The maximum absolute atomic E-state index is 12.0. The molecule has 0 radical (unpaired) electrons. The molecule has 6 heteroatoms. The van der Waals surface area contributed by atoms with Gasteiger partial charge in [-0.1, -0.05) is 56.3 Å². The van der Waals surface area contributed by atoms with Crippen molar-refractivity contribution in [3.8, 4) is 0 Å². The summed E-state index contributed by atoms with van der Waals surface area (Å²) in [6, 6.07) is 16.0. The molecule has 0 aliphatic rings.